The van der Waals surface area contributed by atoms with Crippen molar-refractivity contribution in [1.82, 2.24) is 23.5 Å². The lowest BCUT2D eigenvalue weighted by molar-refractivity contribution is 0.666. The van der Waals surface area contributed by atoms with E-state index in [0.29, 0.717) is 11.5 Å². The fourth-order valence-electron chi connectivity index (χ4n) is 10.8. The first-order valence-corrected chi connectivity index (χ1v) is 21.1. The van der Waals surface area contributed by atoms with Gasteiger partial charge < -0.3 is 13.4 Å². The number of fused-ring (bicyclic) bond motifs is 17. The predicted molar refractivity (Wildman–Crippen MR) is 256 cm³/mol. The summed E-state index contributed by atoms with van der Waals surface area (Å²) in [5.41, 5.74) is 13.1. The van der Waals surface area contributed by atoms with Gasteiger partial charge in [0, 0.05) is 59.7 Å². The molecule has 6 aromatic heterocycles. The Labute approximate surface area is 352 Å². The second kappa shape index (κ2) is 11.6. The molecule has 0 atom stereocenters. The Balaban J connectivity index is 1.09. The van der Waals surface area contributed by atoms with Gasteiger partial charge in [-0.2, -0.15) is 0 Å². The summed E-state index contributed by atoms with van der Waals surface area (Å²) < 4.78 is 13.8. The Morgan fingerprint density at radius 3 is 1.90 bits per heavy atom. The molecule has 0 saturated carbocycles. The van der Waals surface area contributed by atoms with Crippen molar-refractivity contribution in [3.63, 3.8) is 0 Å². The van der Waals surface area contributed by atoms with Crippen LogP contribution >= 0.6 is 0 Å². The van der Waals surface area contributed by atoms with Crippen molar-refractivity contribution < 1.29 is 4.42 Å². The molecule has 0 fully saturated rings. The second-order valence-corrected chi connectivity index (χ2v) is 16.5. The summed E-state index contributed by atoms with van der Waals surface area (Å²) in [6.45, 7) is 0. The van der Waals surface area contributed by atoms with Gasteiger partial charge in [0.05, 0.1) is 38.6 Å². The van der Waals surface area contributed by atoms with E-state index in [9.17, 15) is 0 Å². The molecule has 9 aromatic carbocycles. The van der Waals surface area contributed by atoms with Crippen LogP contribution in [0.2, 0.25) is 0 Å². The number of para-hydroxylation sites is 5. The summed E-state index contributed by atoms with van der Waals surface area (Å²) in [4.78, 5) is 11.1. The molecular formula is C56H31N5O. The van der Waals surface area contributed by atoms with Crippen LogP contribution in [-0.4, -0.2) is 23.5 Å². The first kappa shape index (κ1) is 32.4. The van der Waals surface area contributed by atoms with Crippen molar-refractivity contribution in [1.29, 1.82) is 0 Å². The van der Waals surface area contributed by atoms with E-state index in [1.54, 1.807) is 0 Å². The summed E-state index contributed by atoms with van der Waals surface area (Å²) in [7, 11) is 0. The molecule has 0 bridgehead atoms. The normalized spacial score (nSPS) is 12.5. The first-order chi connectivity index (χ1) is 30.8. The van der Waals surface area contributed by atoms with Crippen molar-refractivity contribution in [2.24, 2.45) is 0 Å². The van der Waals surface area contributed by atoms with Gasteiger partial charge in [-0.05, 0) is 77.5 Å². The molecule has 62 heavy (non-hydrogen) atoms. The molecule has 0 spiro atoms. The molecule has 6 heterocycles. The van der Waals surface area contributed by atoms with Crippen LogP contribution in [-0.2, 0) is 0 Å². The highest BCUT2D eigenvalue weighted by molar-refractivity contribution is 6.33. The average molecular weight is 790 g/mol. The predicted octanol–water partition coefficient (Wildman–Crippen LogP) is 14.5. The first-order valence-electron chi connectivity index (χ1n) is 21.1. The summed E-state index contributed by atoms with van der Waals surface area (Å²) >= 11 is 0. The molecule has 0 unspecified atom stereocenters. The molecule has 0 amide bonds. The van der Waals surface area contributed by atoms with E-state index in [-0.39, 0.29) is 0 Å². The third-order valence-corrected chi connectivity index (χ3v) is 13.4. The summed E-state index contributed by atoms with van der Waals surface area (Å²) in [5.74, 6) is 0.597. The quantitative estimate of drug-likeness (QED) is 0.179. The van der Waals surface area contributed by atoms with Gasteiger partial charge in [0.15, 0.2) is 5.58 Å². The van der Waals surface area contributed by atoms with E-state index >= 15 is 0 Å². The van der Waals surface area contributed by atoms with Gasteiger partial charge in [0.25, 0.3) is 0 Å². The molecule has 15 rings (SSSR count). The molecule has 0 aliphatic heterocycles. The summed E-state index contributed by atoms with van der Waals surface area (Å²) in [5, 5.41) is 13.1. The van der Waals surface area contributed by atoms with Gasteiger partial charge in [0.1, 0.15) is 16.8 Å². The molecule has 6 nitrogen and oxygen atoms in total. The minimum atomic E-state index is 0.597. The zero-order chi connectivity index (χ0) is 40.2. The maximum absolute atomic E-state index is 6.74. The molecule has 15 aromatic rings. The van der Waals surface area contributed by atoms with Crippen molar-refractivity contribution >= 4 is 115 Å². The van der Waals surface area contributed by atoms with E-state index in [0.717, 1.165) is 60.9 Å². The van der Waals surface area contributed by atoms with Gasteiger partial charge in [-0.15, -0.1) is 0 Å². The lowest BCUT2D eigenvalue weighted by Gasteiger charge is -2.11. The monoisotopic (exact) mass is 789 g/mol. The highest BCUT2D eigenvalue weighted by Crippen LogP contribution is 2.46. The Morgan fingerprint density at radius 1 is 0.387 bits per heavy atom. The zero-order valence-corrected chi connectivity index (χ0v) is 33.0. The molecule has 0 aliphatic rings. The summed E-state index contributed by atoms with van der Waals surface area (Å²) in [6, 6.07) is 67.5. The lowest BCUT2D eigenvalue weighted by Crippen LogP contribution is -2.03. The second-order valence-electron chi connectivity index (χ2n) is 16.5. The van der Waals surface area contributed by atoms with Crippen molar-refractivity contribution in [2.75, 3.05) is 0 Å². The van der Waals surface area contributed by atoms with Crippen LogP contribution in [0, 0.1) is 0 Å². The standard InChI is InChI=1S/C56H31N5O/c1-2-15-35(16-3-1)59-43-22-9-6-17-36(43)38-26-25-34(31-47(38)59)52-55-53(40-19-8-11-24-49(40)62-55)58-56(57-52)61-46-28-27-45-50(51(46)42-29-32-13-4-5-14-33(32)30-48(42)61)41-21-12-20-39-37-18-7-10-23-44(37)60(45)54(39)41/h1-31H. The molecular weight excluding hydrogens is 759 g/mol. The molecule has 0 saturated heterocycles. The number of rotatable bonds is 3. The number of hydrogen-bond donors (Lipinski definition) is 0. The van der Waals surface area contributed by atoms with Gasteiger partial charge in [-0.1, -0.05) is 121 Å². The number of benzene rings is 9. The fourth-order valence-corrected chi connectivity index (χ4v) is 10.8. The Kier molecular flexibility index (Phi) is 6.07. The number of hydrogen-bond acceptors (Lipinski definition) is 3. The fraction of sp³-hybridized carbons (Fsp3) is 0. The number of aromatic nitrogens is 5. The smallest absolute Gasteiger partial charge is 0.236 e. The Morgan fingerprint density at radius 2 is 1.03 bits per heavy atom. The van der Waals surface area contributed by atoms with Gasteiger partial charge in [-0.25, -0.2) is 9.97 Å². The third kappa shape index (κ3) is 4.08. The minimum Gasteiger partial charge on any atom is -0.452 e. The van der Waals surface area contributed by atoms with E-state index < -0.39 is 0 Å². The Bertz CT molecular complexity index is 4390. The third-order valence-electron chi connectivity index (χ3n) is 13.4. The Hall–Kier alpha value is -8.48. The van der Waals surface area contributed by atoms with E-state index in [1.165, 1.54) is 65.0 Å². The average Bonchev–Trinajstić information content (AvgIpc) is 4.13. The highest BCUT2D eigenvalue weighted by atomic mass is 16.3. The van der Waals surface area contributed by atoms with Crippen LogP contribution < -0.4 is 0 Å². The molecule has 0 N–H and O–H groups in total. The minimum absolute atomic E-state index is 0.597. The topological polar surface area (TPSA) is 53.2 Å². The van der Waals surface area contributed by atoms with Crippen molar-refractivity contribution in [3.05, 3.63) is 188 Å². The van der Waals surface area contributed by atoms with E-state index in [4.69, 9.17) is 14.4 Å². The largest absolute Gasteiger partial charge is 0.452 e. The van der Waals surface area contributed by atoms with Crippen LogP contribution in [0.4, 0.5) is 0 Å². The number of nitrogens with zero attached hydrogens (tertiary/aromatic N) is 5. The van der Waals surface area contributed by atoms with Gasteiger partial charge in [0.2, 0.25) is 5.95 Å². The van der Waals surface area contributed by atoms with E-state index in [1.807, 2.05) is 12.1 Å². The zero-order valence-electron chi connectivity index (χ0n) is 33.0. The van der Waals surface area contributed by atoms with Gasteiger partial charge >= 0.3 is 0 Å². The van der Waals surface area contributed by atoms with Crippen LogP contribution in [0.5, 0.6) is 0 Å². The maximum Gasteiger partial charge on any atom is 0.236 e. The molecule has 6 heteroatoms. The molecule has 0 radical (unpaired) electrons. The van der Waals surface area contributed by atoms with Gasteiger partial charge in [-0.3, -0.25) is 4.57 Å². The van der Waals surface area contributed by atoms with E-state index in [2.05, 4.69) is 189 Å². The van der Waals surface area contributed by atoms with Crippen LogP contribution in [0.25, 0.3) is 137 Å². The van der Waals surface area contributed by atoms with Crippen molar-refractivity contribution in [3.8, 4) is 22.9 Å². The van der Waals surface area contributed by atoms with Crippen molar-refractivity contribution in [2.45, 2.75) is 0 Å². The van der Waals surface area contributed by atoms with Crippen LogP contribution in [0.15, 0.2) is 192 Å². The number of furan rings is 1. The molecule has 0 aliphatic carbocycles. The lowest BCUT2D eigenvalue weighted by atomic mass is 10.0. The highest BCUT2D eigenvalue weighted by Gasteiger charge is 2.26. The summed E-state index contributed by atoms with van der Waals surface area (Å²) in [6.07, 6.45) is 0. The van der Waals surface area contributed by atoms with Crippen LogP contribution in [0.3, 0.4) is 0 Å². The van der Waals surface area contributed by atoms with Crippen LogP contribution in [0.1, 0.15) is 0 Å². The SMILES string of the molecule is c1ccc(-n2c3ccccc3c3ccc(-c4nc(-n5c6cc7ccccc7cc6c6c7c8cccc9c%10ccccc%10n(c7ccc65)c98)nc5c4oc4ccccc45)cc32)cc1. The molecule has 286 valence electrons. The maximum atomic E-state index is 6.74.